The fraction of sp³-hybridized carbons (Fsp3) is 0.267. The molecule has 0 saturated heterocycles. The molecule has 0 unspecified atom stereocenters. The fourth-order valence-corrected chi connectivity index (χ4v) is 6.85. The molecule has 4 aromatic rings. The van der Waals surface area contributed by atoms with E-state index in [1.165, 1.54) is 36.5 Å². The lowest BCUT2D eigenvalue weighted by atomic mass is 9.86. The zero-order valence-corrected chi connectivity index (χ0v) is 23.8. The second kappa shape index (κ2) is 11.9. The first kappa shape index (κ1) is 31.0. The number of hydrogen-bond donors (Lipinski definition) is 1. The summed E-state index contributed by atoms with van der Waals surface area (Å²) in [6, 6.07) is 12.6. The maximum absolute atomic E-state index is 14.2. The summed E-state index contributed by atoms with van der Waals surface area (Å²) in [5.74, 6) is -4.81. The average molecular weight is 633 g/mol. The van der Waals surface area contributed by atoms with Gasteiger partial charge in [-0.15, -0.1) is 0 Å². The number of carbonyl (C=O) groups excluding carboxylic acids is 2. The van der Waals surface area contributed by atoms with Gasteiger partial charge in [-0.25, -0.2) is 17.2 Å². The van der Waals surface area contributed by atoms with Gasteiger partial charge in [0.25, 0.3) is 5.91 Å². The molecule has 3 heterocycles. The van der Waals surface area contributed by atoms with E-state index in [4.69, 9.17) is 5.73 Å². The van der Waals surface area contributed by atoms with E-state index in [1.54, 1.807) is 18.2 Å². The maximum atomic E-state index is 14.2. The van der Waals surface area contributed by atoms with Crippen LogP contribution in [0.25, 0.3) is 11.1 Å². The van der Waals surface area contributed by atoms with Gasteiger partial charge in [-0.2, -0.15) is 18.3 Å². The Balaban J connectivity index is 1.52. The fourth-order valence-electron chi connectivity index (χ4n) is 5.46. The molecule has 44 heavy (non-hydrogen) atoms. The molecule has 2 N–H and O–H groups in total. The molecule has 0 radical (unpaired) electrons. The molecule has 0 fully saturated rings. The van der Waals surface area contributed by atoms with Crippen molar-refractivity contribution in [3.05, 3.63) is 106 Å². The normalized spacial score (nSPS) is 15.0. The van der Waals surface area contributed by atoms with Crippen LogP contribution in [0, 0.1) is 11.6 Å². The van der Waals surface area contributed by atoms with Gasteiger partial charge in [0, 0.05) is 41.8 Å². The number of benzene rings is 2. The van der Waals surface area contributed by atoms with Crippen LogP contribution in [0.2, 0.25) is 0 Å². The molecule has 1 aliphatic heterocycles. The SMILES string of the molecule is NC(=O)c1cc(-c2cccnc2[C@@H](CC(=O)Cn2nc(C(F)(F)F)c3c2CCS(=O)(=O)C3)Cc2cccc(F)c2)ccc1F. The summed E-state index contributed by atoms with van der Waals surface area (Å²) < 4.78 is 94.7. The zero-order chi connectivity index (χ0) is 31.8. The highest BCUT2D eigenvalue weighted by molar-refractivity contribution is 7.90. The lowest BCUT2D eigenvalue weighted by Crippen LogP contribution is -2.23. The summed E-state index contributed by atoms with van der Waals surface area (Å²) in [5, 5.41) is 3.61. The number of nitrogens with two attached hydrogens (primary N) is 1. The monoisotopic (exact) mass is 632 g/mol. The lowest BCUT2D eigenvalue weighted by Gasteiger charge is -2.20. The summed E-state index contributed by atoms with van der Waals surface area (Å²) in [5.41, 5.74) is 4.86. The molecule has 2 aromatic carbocycles. The van der Waals surface area contributed by atoms with Crippen molar-refractivity contribution in [1.29, 1.82) is 0 Å². The van der Waals surface area contributed by atoms with Crippen molar-refractivity contribution >= 4 is 21.5 Å². The highest BCUT2D eigenvalue weighted by Crippen LogP contribution is 2.37. The van der Waals surface area contributed by atoms with Gasteiger partial charge in [-0.05, 0) is 47.9 Å². The van der Waals surface area contributed by atoms with Crippen LogP contribution in [0.5, 0.6) is 0 Å². The van der Waals surface area contributed by atoms with Crippen molar-refractivity contribution in [3.8, 4) is 11.1 Å². The molecule has 1 amide bonds. The van der Waals surface area contributed by atoms with E-state index in [9.17, 15) is 40.0 Å². The van der Waals surface area contributed by atoms with E-state index in [-0.39, 0.29) is 36.3 Å². The van der Waals surface area contributed by atoms with E-state index >= 15 is 0 Å². The van der Waals surface area contributed by atoms with Crippen LogP contribution in [-0.2, 0) is 45.9 Å². The number of ketones is 1. The van der Waals surface area contributed by atoms with Crippen molar-refractivity contribution in [2.24, 2.45) is 5.73 Å². The molecule has 5 rings (SSSR count). The van der Waals surface area contributed by atoms with Crippen LogP contribution in [0.3, 0.4) is 0 Å². The first-order valence-corrected chi connectivity index (χ1v) is 15.2. The number of aromatic nitrogens is 3. The quantitative estimate of drug-likeness (QED) is 0.265. The predicted molar refractivity (Wildman–Crippen MR) is 149 cm³/mol. The van der Waals surface area contributed by atoms with E-state index < -0.39 is 68.8 Å². The molecule has 14 heteroatoms. The van der Waals surface area contributed by atoms with Gasteiger partial charge in [-0.3, -0.25) is 19.3 Å². The van der Waals surface area contributed by atoms with Gasteiger partial charge in [0.1, 0.15) is 11.6 Å². The standard InChI is InChI=1S/C30H25F5N4O4S/c31-20-4-1-3-17(12-20)11-19(27-22(5-2-9-37-27)18-6-7-25(32)23(14-18)29(36)41)13-21(40)15-39-26-8-10-44(42,43)16-24(26)28(38-39)30(33,34)35/h1-7,9,12,14,19H,8,10-11,13,15-16H2,(H2,36,41)/t19-/m1/s1. The summed E-state index contributed by atoms with van der Waals surface area (Å²) in [4.78, 5) is 29.7. The summed E-state index contributed by atoms with van der Waals surface area (Å²) in [7, 11) is -3.76. The lowest BCUT2D eigenvalue weighted by molar-refractivity contribution is -0.142. The molecule has 1 aliphatic rings. The average Bonchev–Trinajstić information content (AvgIpc) is 3.29. The van der Waals surface area contributed by atoms with Gasteiger partial charge in [0.15, 0.2) is 21.3 Å². The second-order valence-electron chi connectivity index (χ2n) is 10.5. The van der Waals surface area contributed by atoms with Crippen LogP contribution in [0.15, 0.2) is 60.8 Å². The number of sulfone groups is 1. The number of hydrogen-bond acceptors (Lipinski definition) is 6. The Morgan fingerprint density at radius 1 is 1.05 bits per heavy atom. The number of rotatable bonds is 9. The predicted octanol–water partition coefficient (Wildman–Crippen LogP) is 4.80. The summed E-state index contributed by atoms with van der Waals surface area (Å²) in [6.45, 7) is -0.567. The number of pyridine rings is 1. The van der Waals surface area contributed by atoms with Crippen molar-refractivity contribution in [3.63, 3.8) is 0 Å². The highest BCUT2D eigenvalue weighted by atomic mass is 32.2. The van der Waals surface area contributed by atoms with Crippen molar-refractivity contribution in [2.45, 2.75) is 43.7 Å². The van der Waals surface area contributed by atoms with Crippen LogP contribution in [0.1, 0.15) is 50.9 Å². The third kappa shape index (κ3) is 6.69. The van der Waals surface area contributed by atoms with Gasteiger partial charge in [-0.1, -0.05) is 24.3 Å². The number of carbonyl (C=O) groups is 2. The second-order valence-corrected chi connectivity index (χ2v) is 12.7. The minimum absolute atomic E-state index is 0.0333. The van der Waals surface area contributed by atoms with Crippen molar-refractivity contribution in [1.82, 2.24) is 14.8 Å². The third-order valence-corrected chi connectivity index (χ3v) is 8.94. The number of nitrogens with zero attached hydrogens (tertiary/aromatic N) is 3. The van der Waals surface area contributed by atoms with Crippen molar-refractivity contribution in [2.75, 3.05) is 5.75 Å². The first-order valence-electron chi connectivity index (χ1n) is 13.4. The molecule has 0 aliphatic carbocycles. The molecule has 2 aromatic heterocycles. The van der Waals surface area contributed by atoms with Gasteiger partial charge in [0.2, 0.25) is 0 Å². The minimum Gasteiger partial charge on any atom is -0.366 e. The van der Waals surface area contributed by atoms with Crippen LogP contribution in [-0.4, -0.2) is 40.6 Å². The van der Waals surface area contributed by atoms with Crippen LogP contribution < -0.4 is 5.73 Å². The molecule has 0 saturated carbocycles. The first-order chi connectivity index (χ1) is 20.7. The Labute approximate surface area is 248 Å². The highest BCUT2D eigenvalue weighted by Gasteiger charge is 2.42. The van der Waals surface area contributed by atoms with E-state index in [0.29, 0.717) is 22.4 Å². The van der Waals surface area contributed by atoms with Crippen LogP contribution >= 0.6 is 0 Å². The molecular weight excluding hydrogens is 607 g/mol. The number of halogens is 5. The Bertz CT molecular complexity index is 1870. The van der Waals surface area contributed by atoms with E-state index in [2.05, 4.69) is 10.1 Å². The summed E-state index contributed by atoms with van der Waals surface area (Å²) >= 11 is 0. The molecule has 230 valence electrons. The minimum atomic E-state index is -4.92. The molecule has 0 spiro atoms. The Hall–Kier alpha value is -4.46. The van der Waals surface area contributed by atoms with Crippen LogP contribution in [0.4, 0.5) is 22.0 Å². The van der Waals surface area contributed by atoms with E-state index in [1.807, 2.05) is 0 Å². The maximum Gasteiger partial charge on any atom is 0.435 e. The van der Waals surface area contributed by atoms with Gasteiger partial charge in [0.05, 0.1) is 29.3 Å². The number of alkyl halides is 3. The Kier molecular flexibility index (Phi) is 8.38. The van der Waals surface area contributed by atoms with Crippen molar-refractivity contribution < 1.29 is 40.0 Å². The molecule has 1 atom stereocenters. The Morgan fingerprint density at radius 3 is 2.52 bits per heavy atom. The Morgan fingerprint density at radius 2 is 1.82 bits per heavy atom. The third-order valence-electron chi connectivity index (χ3n) is 7.39. The van der Waals surface area contributed by atoms with Gasteiger partial charge >= 0.3 is 6.18 Å². The summed E-state index contributed by atoms with van der Waals surface area (Å²) in [6.07, 6.45) is -3.86. The smallest absolute Gasteiger partial charge is 0.366 e. The largest absolute Gasteiger partial charge is 0.435 e. The van der Waals surface area contributed by atoms with E-state index in [0.717, 1.165) is 10.7 Å². The zero-order valence-electron chi connectivity index (χ0n) is 22.9. The topological polar surface area (TPSA) is 125 Å². The number of Topliss-reactive ketones (excluding diaryl/α,β-unsaturated/α-hetero) is 1. The van der Waals surface area contributed by atoms with Gasteiger partial charge < -0.3 is 5.73 Å². The number of primary amides is 1. The number of amides is 1. The molecular formula is C30H25F5N4O4S. The molecule has 0 bridgehead atoms. The molecule has 8 nitrogen and oxygen atoms in total. The number of fused-ring (bicyclic) bond motifs is 1.